The number of nitrogens with one attached hydrogen (secondary N) is 1. The summed E-state index contributed by atoms with van der Waals surface area (Å²) >= 11 is 0. The van der Waals surface area contributed by atoms with E-state index in [1.165, 1.54) is 4.90 Å². The number of aliphatic carboxylic acids is 1. The van der Waals surface area contributed by atoms with E-state index >= 15 is 0 Å². The smallest absolute Gasteiger partial charge is 0.323 e. The Morgan fingerprint density at radius 3 is 2.72 bits per heavy atom. The fourth-order valence-corrected chi connectivity index (χ4v) is 3.28. The number of para-hydroxylation sites is 2. The van der Waals surface area contributed by atoms with Crippen LogP contribution < -0.4 is 20.7 Å². The molecule has 1 aliphatic heterocycles. The van der Waals surface area contributed by atoms with Crippen LogP contribution in [0.2, 0.25) is 0 Å². The third-order valence-electron chi connectivity index (χ3n) is 4.72. The molecule has 0 aromatic heterocycles. The van der Waals surface area contributed by atoms with Gasteiger partial charge in [-0.2, -0.15) is 0 Å². The largest absolute Gasteiger partial charge is 0.489 e. The summed E-state index contributed by atoms with van der Waals surface area (Å²) in [5.74, 6) is 0.661. The molecule has 1 heterocycles. The van der Waals surface area contributed by atoms with Crippen LogP contribution in [0, 0.1) is 0 Å². The molecule has 0 unspecified atom stereocenters. The van der Waals surface area contributed by atoms with Crippen molar-refractivity contribution < 1.29 is 29.0 Å². The van der Waals surface area contributed by atoms with Gasteiger partial charge in [-0.3, -0.25) is 19.8 Å². The van der Waals surface area contributed by atoms with Gasteiger partial charge >= 0.3 is 5.97 Å². The number of hydrogen-bond donors (Lipinski definition) is 3. The second-order valence-electron chi connectivity index (χ2n) is 6.99. The maximum Gasteiger partial charge on any atom is 0.323 e. The average molecular weight is 492 g/mol. The summed E-state index contributed by atoms with van der Waals surface area (Å²) in [6, 6.07) is 6.12. The number of unbranched alkanes of at least 4 members (excludes halogenated alkanes) is 2. The zero-order valence-electron chi connectivity index (χ0n) is 18.0. The van der Waals surface area contributed by atoms with Crippen LogP contribution in [0.3, 0.4) is 0 Å². The molecule has 2 atom stereocenters. The number of rotatable bonds is 12. The fourth-order valence-electron chi connectivity index (χ4n) is 3.28. The molecule has 1 amide bonds. The molecule has 180 valence electrons. The minimum Gasteiger partial charge on any atom is -0.489 e. The van der Waals surface area contributed by atoms with Crippen LogP contribution in [0.4, 0.5) is 5.69 Å². The van der Waals surface area contributed by atoms with Gasteiger partial charge in [0.1, 0.15) is 37.1 Å². The van der Waals surface area contributed by atoms with Crippen LogP contribution >= 0.6 is 24.8 Å². The molecule has 0 radical (unpaired) electrons. The number of ether oxygens (including phenoxy) is 2. The highest BCUT2D eigenvalue weighted by Gasteiger charge is 2.33. The predicted molar refractivity (Wildman–Crippen MR) is 125 cm³/mol. The average Bonchev–Trinajstić information content (AvgIpc) is 2.85. The first-order valence-corrected chi connectivity index (χ1v) is 10.1. The van der Waals surface area contributed by atoms with E-state index < -0.39 is 18.6 Å². The van der Waals surface area contributed by atoms with Crippen molar-refractivity contribution in [2.24, 2.45) is 5.73 Å². The van der Waals surface area contributed by atoms with Crippen molar-refractivity contribution in [2.75, 3.05) is 24.7 Å². The molecular weight excluding hydrogens is 461 g/mol. The first-order chi connectivity index (χ1) is 14.5. The Labute approximate surface area is 200 Å². The normalized spacial score (nSPS) is 15.7. The van der Waals surface area contributed by atoms with Crippen molar-refractivity contribution in [1.29, 1.82) is 0 Å². The van der Waals surface area contributed by atoms with Crippen LogP contribution in [-0.4, -0.2) is 55.0 Å². The molecule has 1 aromatic carbocycles. The van der Waals surface area contributed by atoms with Crippen LogP contribution in [-0.2, 0) is 19.1 Å². The molecule has 32 heavy (non-hydrogen) atoms. The summed E-state index contributed by atoms with van der Waals surface area (Å²) in [5, 5.41) is 12.4. The number of carbonyl (C=O) groups excluding carboxylic acids is 2. The fraction of sp³-hybridized carbons (Fsp3) is 0.524. The minimum absolute atomic E-state index is 0. The van der Waals surface area contributed by atoms with Crippen molar-refractivity contribution in [3.8, 4) is 5.75 Å². The maximum absolute atomic E-state index is 13.1. The Kier molecular flexibility index (Phi) is 14.4. The molecule has 0 fully saturated rings. The molecule has 11 heteroatoms. The van der Waals surface area contributed by atoms with Crippen LogP contribution in [0.1, 0.15) is 39.0 Å². The summed E-state index contributed by atoms with van der Waals surface area (Å²) in [4.78, 5) is 36.0. The number of fused-ring (bicyclic) bond motifs is 1. The summed E-state index contributed by atoms with van der Waals surface area (Å²) in [6.07, 6.45) is 3.19. The van der Waals surface area contributed by atoms with Crippen molar-refractivity contribution in [2.45, 2.75) is 51.3 Å². The third kappa shape index (κ3) is 9.06. The SMILES string of the molecule is CCO[C@@H](CCCCCC(N)=C=O)N[C@H]1COc2ccccc2N(CC(=O)O)C1=O.Cl.Cl. The van der Waals surface area contributed by atoms with E-state index in [2.05, 4.69) is 5.32 Å². The van der Waals surface area contributed by atoms with E-state index in [1.807, 2.05) is 6.92 Å². The number of nitrogens with two attached hydrogens (primary N) is 1. The van der Waals surface area contributed by atoms with Gasteiger partial charge in [0.25, 0.3) is 0 Å². The topological polar surface area (TPSA) is 131 Å². The van der Waals surface area contributed by atoms with Crippen LogP contribution in [0.25, 0.3) is 0 Å². The summed E-state index contributed by atoms with van der Waals surface area (Å²) in [6.45, 7) is 1.93. The van der Waals surface area contributed by atoms with Crippen molar-refractivity contribution in [3.05, 3.63) is 30.0 Å². The Bertz CT molecular complexity index is 789. The number of allylic oxidation sites excluding steroid dienone is 1. The lowest BCUT2D eigenvalue weighted by atomic mass is 10.1. The highest BCUT2D eigenvalue weighted by molar-refractivity contribution is 6.02. The number of carboxylic acids is 1. The molecule has 0 bridgehead atoms. The zero-order chi connectivity index (χ0) is 21.9. The van der Waals surface area contributed by atoms with Crippen molar-refractivity contribution in [1.82, 2.24) is 5.32 Å². The Balaban J connectivity index is 0.00000480. The highest BCUT2D eigenvalue weighted by Crippen LogP contribution is 2.31. The predicted octanol–water partition coefficient (Wildman–Crippen LogP) is 2.29. The number of nitrogens with zero attached hydrogens (tertiary/aromatic N) is 1. The number of carboxylic acid groups (broad SMARTS) is 1. The number of hydrogen-bond acceptors (Lipinski definition) is 7. The molecule has 2 rings (SSSR count). The second-order valence-corrected chi connectivity index (χ2v) is 6.99. The Morgan fingerprint density at radius 1 is 1.34 bits per heavy atom. The lowest BCUT2D eigenvalue weighted by molar-refractivity contribution is -0.137. The molecule has 4 N–H and O–H groups in total. The van der Waals surface area contributed by atoms with E-state index in [0.717, 1.165) is 19.3 Å². The Hall–Kier alpha value is -2.29. The van der Waals surface area contributed by atoms with Gasteiger partial charge in [-0.05, 0) is 44.7 Å². The number of benzene rings is 1. The van der Waals surface area contributed by atoms with Crippen molar-refractivity contribution in [3.63, 3.8) is 0 Å². The molecular formula is C21H31Cl2N3O6. The van der Waals surface area contributed by atoms with Gasteiger partial charge in [0, 0.05) is 6.61 Å². The van der Waals surface area contributed by atoms with Gasteiger partial charge < -0.3 is 20.3 Å². The first-order valence-electron chi connectivity index (χ1n) is 10.1. The van der Waals surface area contributed by atoms with E-state index in [9.17, 15) is 19.5 Å². The number of anilines is 1. The molecule has 0 saturated carbocycles. The number of carbonyl (C=O) groups is 2. The van der Waals surface area contributed by atoms with Crippen molar-refractivity contribution >= 4 is 48.3 Å². The zero-order valence-corrected chi connectivity index (χ0v) is 19.6. The van der Waals surface area contributed by atoms with E-state index in [-0.39, 0.29) is 49.3 Å². The summed E-state index contributed by atoms with van der Waals surface area (Å²) < 4.78 is 11.5. The van der Waals surface area contributed by atoms with E-state index in [1.54, 1.807) is 30.2 Å². The second kappa shape index (κ2) is 15.5. The summed E-state index contributed by atoms with van der Waals surface area (Å²) in [5.41, 5.74) is 6.11. The standard InChI is InChI=1S/C21H29N3O6.2ClH/c1-2-29-19(11-5-3-4-8-15(22)13-25)23-16-14-30-18-10-7-6-9-17(18)24(21(16)28)12-20(26)27;;/h6-7,9-10,16,19,23H,2-5,8,11-12,14,22H2,1H3,(H,26,27);2*1H/t16-,19-;;/m0../s1. The number of halogens is 2. The van der Waals surface area contributed by atoms with Gasteiger partial charge in [0.15, 0.2) is 0 Å². The minimum atomic E-state index is -1.11. The van der Waals surface area contributed by atoms with Gasteiger partial charge in [-0.1, -0.05) is 18.6 Å². The molecule has 0 aliphatic carbocycles. The molecule has 1 aliphatic rings. The lowest BCUT2D eigenvalue weighted by Gasteiger charge is -2.27. The van der Waals surface area contributed by atoms with E-state index in [0.29, 0.717) is 30.9 Å². The van der Waals surface area contributed by atoms with Crippen LogP contribution in [0.5, 0.6) is 5.75 Å². The van der Waals surface area contributed by atoms with Gasteiger partial charge in [0.05, 0.1) is 11.4 Å². The maximum atomic E-state index is 13.1. The lowest BCUT2D eigenvalue weighted by Crippen LogP contribution is -2.53. The van der Waals surface area contributed by atoms with Gasteiger partial charge in [-0.15, -0.1) is 24.8 Å². The van der Waals surface area contributed by atoms with Gasteiger partial charge in [0.2, 0.25) is 5.91 Å². The third-order valence-corrected chi connectivity index (χ3v) is 4.72. The Morgan fingerprint density at radius 2 is 2.06 bits per heavy atom. The molecule has 1 aromatic rings. The molecule has 0 saturated heterocycles. The monoisotopic (exact) mass is 491 g/mol. The van der Waals surface area contributed by atoms with Crippen LogP contribution in [0.15, 0.2) is 30.0 Å². The van der Waals surface area contributed by atoms with E-state index in [4.69, 9.17) is 15.2 Å². The van der Waals surface area contributed by atoms with Gasteiger partial charge in [-0.25, -0.2) is 4.79 Å². The quantitative estimate of drug-likeness (QED) is 0.230. The highest BCUT2D eigenvalue weighted by atomic mass is 35.5. The molecule has 9 nitrogen and oxygen atoms in total. The number of amides is 1. The molecule has 0 spiro atoms. The first kappa shape index (κ1) is 29.7. The summed E-state index contributed by atoms with van der Waals surface area (Å²) in [7, 11) is 0.